The van der Waals surface area contributed by atoms with Crippen LogP contribution in [0.25, 0.3) is 22.1 Å². The number of hydrogen-bond donors (Lipinski definition) is 4. The number of carbonyl (C=O) groups excluding carboxylic acids is 4. The van der Waals surface area contributed by atoms with E-state index in [9.17, 15) is 28.0 Å². The molecule has 5 heterocycles. The summed E-state index contributed by atoms with van der Waals surface area (Å²) in [5, 5.41) is 5.41. The van der Waals surface area contributed by atoms with Gasteiger partial charge in [0.15, 0.2) is 0 Å². The maximum absolute atomic E-state index is 13.8. The molecule has 4 N–H and O–H groups in total. The molecule has 2 aromatic heterocycles. The molecule has 5 aromatic rings. The molecular formula is C47H57F2N9O7. The normalized spacial score (nSPS) is 20.9. The lowest BCUT2D eigenvalue weighted by molar-refractivity contribution is -0.136. The molecule has 3 aliphatic rings. The topological polar surface area (TPSA) is 187 Å². The Labute approximate surface area is 375 Å². The third-order valence-corrected chi connectivity index (χ3v) is 13.0. The molecule has 346 valence electrons. The summed E-state index contributed by atoms with van der Waals surface area (Å²) in [6.45, 7) is 5.66. The molecule has 1 unspecified atom stereocenters. The summed E-state index contributed by atoms with van der Waals surface area (Å²) >= 11 is 0. The zero-order chi connectivity index (χ0) is 46.1. The molecule has 18 heteroatoms. The van der Waals surface area contributed by atoms with Gasteiger partial charge in [-0.2, -0.15) is 8.78 Å². The summed E-state index contributed by atoms with van der Waals surface area (Å²) in [6, 6.07) is 16.7. The molecule has 0 spiro atoms. The number of carbonyl (C=O) groups is 4. The largest absolute Gasteiger partial charge is 0.453 e. The Morgan fingerprint density at radius 2 is 1.09 bits per heavy atom. The van der Waals surface area contributed by atoms with Crippen molar-refractivity contribution in [2.45, 2.75) is 109 Å². The first-order valence-corrected chi connectivity index (χ1v) is 22.4. The molecule has 4 amide bonds. The van der Waals surface area contributed by atoms with Gasteiger partial charge in [-0.15, -0.1) is 0 Å². The number of benzene rings is 3. The van der Waals surface area contributed by atoms with Crippen LogP contribution in [-0.2, 0) is 19.1 Å². The predicted octanol–water partition coefficient (Wildman–Crippen LogP) is 8.21. The number of alkyl halides is 2. The van der Waals surface area contributed by atoms with E-state index in [1.807, 2.05) is 39.8 Å². The quantitative estimate of drug-likeness (QED) is 0.0897. The average Bonchev–Trinajstić information content (AvgIpc) is 4.15. The molecule has 6 atom stereocenters. The lowest BCUT2D eigenvalue weighted by Crippen LogP contribution is -2.51. The van der Waals surface area contributed by atoms with Gasteiger partial charge in [-0.25, -0.2) is 19.6 Å². The third kappa shape index (κ3) is 9.25. The van der Waals surface area contributed by atoms with Crippen LogP contribution in [0.3, 0.4) is 0 Å². The first-order chi connectivity index (χ1) is 31.2. The first kappa shape index (κ1) is 45.1. The number of hydrogen-bond acceptors (Lipinski definition) is 10. The number of fused-ring (bicyclic) bond motifs is 2. The van der Waals surface area contributed by atoms with Gasteiger partial charge < -0.3 is 49.5 Å². The number of nitrogens with one attached hydrogen (secondary N) is 4. The highest BCUT2D eigenvalue weighted by molar-refractivity contribution is 5.87. The van der Waals surface area contributed by atoms with Gasteiger partial charge in [0.2, 0.25) is 11.8 Å². The van der Waals surface area contributed by atoms with E-state index in [4.69, 9.17) is 24.2 Å². The number of alkyl carbamates (subject to hydrolysis) is 2. The lowest BCUT2D eigenvalue weighted by Gasteiger charge is -2.33. The van der Waals surface area contributed by atoms with E-state index in [2.05, 4.69) is 49.8 Å². The molecule has 0 bridgehead atoms. The molecule has 0 aliphatic carbocycles. The number of nitrogens with zero attached hydrogens (tertiary/aromatic N) is 5. The molecule has 3 aromatic carbocycles. The van der Waals surface area contributed by atoms with Crippen LogP contribution in [0.15, 0.2) is 60.7 Å². The molecule has 16 nitrogen and oxygen atoms in total. The van der Waals surface area contributed by atoms with Crippen LogP contribution in [0, 0.1) is 11.8 Å². The molecule has 0 radical (unpaired) electrons. The van der Waals surface area contributed by atoms with Crippen LogP contribution in [0.2, 0.25) is 0 Å². The molecule has 0 saturated carbocycles. The maximum atomic E-state index is 13.8. The summed E-state index contributed by atoms with van der Waals surface area (Å²) in [6.07, 6.45) is 3.27. The Hall–Kier alpha value is -6.46. The van der Waals surface area contributed by atoms with Crippen molar-refractivity contribution in [1.29, 1.82) is 0 Å². The van der Waals surface area contributed by atoms with Crippen LogP contribution in [0.1, 0.15) is 113 Å². The van der Waals surface area contributed by atoms with E-state index in [0.717, 1.165) is 77.4 Å². The van der Waals surface area contributed by atoms with Crippen molar-refractivity contribution in [2.75, 3.05) is 32.2 Å². The third-order valence-electron chi connectivity index (χ3n) is 13.0. The molecule has 3 fully saturated rings. The van der Waals surface area contributed by atoms with E-state index in [-0.39, 0.29) is 53.6 Å². The van der Waals surface area contributed by atoms with Gasteiger partial charge >= 0.3 is 18.8 Å². The fourth-order valence-corrected chi connectivity index (χ4v) is 9.84. The number of H-pyrrole nitrogens is 2. The number of anilines is 1. The Balaban J connectivity index is 1.08. The van der Waals surface area contributed by atoms with E-state index in [1.165, 1.54) is 14.2 Å². The molecule has 65 heavy (non-hydrogen) atoms. The second kappa shape index (κ2) is 18.9. The van der Waals surface area contributed by atoms with Crippen molar-refractivity contribution in [3.8, 4) is 5.75 Å². The summed E-state index contributed by atoms with van der Waals surface area (Å²) in [7, 11) is 2.55. The summed E-state index contributed by atoms with van der Waals surface area (Å²) < 4.78 is 40.7. The number of methoxy groups -OCH3 is 2. The van der Waals surface area contributed by atoms with E-state index in [1.54, 1.807) is 34.1 Å². The number of likely N-dealkylation sites (tertiary alicyclic amines) is 2. The molecule has 3 saturated heterocycles. The molecule has 8 rings (SSSR count). The Bertz CT molecular complexity index is 2380. The Morgan fingerprint density at radius 1 is 0.646 bits per heavy atom. The van der Waals surface area contributed by atoms with Gasteiger partial charge in [-0.1, -0.05) is 39.8 Å². The van der Waals surface area contributed by atoms with Gasteiger partial charge in [-0.3, -0.25) is 9.59 Å². The van der Waals surface area contributed by atoms with Crippen molar-refractivity contribution < 1.29 is 42.2 Å². The number of rotatable bonds is 13. The van der Waals surface area contributed by atoms with E-state index < -0.39 is 30.9 Å². The van der Waals surface area contributed by atoms with Gasteiger partial charge in [0, 0.05) is 18.8 Å². The number of imidazole rings is 2. The van der Waals surface area contributed by atoms with Crippen LogP contribution >= 0.6 is 0 Å². The van der Waals surface area contributed by atoms with Gasteiger partial charge in [0.1, 0.15) is 29.5 Å². The SMILES string of the molecule is COC(=O)N[C@H](C(=O)N1CCC[C@H]1c1nc2ccc(C3CC[C@H](c4ccc5nc([C@@H]6CCCN6C(=O)[C@@H](NC(=O)OC)C(C)C)[nH]c5c4)N3c3ccc(OC(F)F)cc3)cc2[nH]1)C(C)C. The second-order valence-corrected chi connectivity index (χ2v) is 17.8. The zero-order valence-electron chi connectivity index (χ0n) is 37.5. The van der Waals surface area contributed by atoms with Gasteiger partial charge in [0.25, 0.3) is 0 Å². The molecular weight excluding hydrogens is 841 g/mol. The van der Waals surface area contributed by atoms with Crippen molar-refractivity contribution in [3.05, 3.63) is 83.4 Å². The Kier molecular flexibility index (Phi) is 13.1. The van der Waals surface area contributed by atoms with Crippen LogP contribution < -0.4 is 20.3 Å². The fourth-order valence-electron chi connectivity index (χ4n) is 9.84. The Morgan fingerprint density at radius 3 is 1.49 bits per heavy atom. The predicted molar refractivity (Wildman–Crippen MR) is 238 cm³/mol. The number of ether oxygens (including phenoxy) is 3. The van der Waals surface area contributed by atoms with Crippen molar-refractivity contribution in [3.63, 3.8) is 0 Å². The minimum Gasteiger partial charge on any atom is -0.453 e. The molecule has 3 aliphatic heterocycles. The number of aromatic nitrogens is 4. The van der Waals surface area contributed by atoms with Crippen LogP contribution in [-0.4, -0.2) is 99.7 Å². The standard InChI is InChI=1S/C47H57F2N9O7/c1-25(2)39(54-46(61)63-5)43(59)56-21-7-9-37(56)41-50-31-17-11-27(23-33(31)52-41)35-19-20-36(58(35)29-13-15-30(16-14-29)65-45(48)49)28-12-18-32-34(24-28)53-42(51-32)38-10-8-22-57(38)44(60)40(26(3)4)55-47(62)64-6/h11-18,23-26,35-40,45H,7-10,19-22H2,1-6H3,(H,50,52)(H,51,53)(H,54,61)(H,55,62)/t35-,36?,37+,38+,39+,40+/m1/s1. The lowest BCUT2D eigenvalue weighted by atomic mass is 10.0. The maximum Gasteiger partial charge on any atom is 0.407 e. The van der Waals surface area contributed by atoms with E-state index in [0.29, 0.717) is 24.7 Å². The van der Waals surface area contributed by atoms with Crippen LogP contribution in [0.4, 0.5) is 24.1 Å². The highest BCUT2D eigenvalue weighted by atomic mass is 19.3. The monoisotopic (exact) mass is 897 g/mol. The smallest absolute Gasteiger partial charge is 0.407 e. The zero-order valence-corrected chi connectivity index (χ0v) is 37.5. The van der Waals surface area contributed by atoms with Gasteiger partial charge in [0.05, 0.1) is 60.5 Å². The number of halogens is 2. The van der Waals surface area contributed by atoms with Gasteiger partial charge in [-0.05, 0) is 110 Å². The number of aromatic amines is 2. The summed E-state index contributed by atoms with van der Waals surface area (Å²) in [4.78, 5) is 74.8. The minimum atomic E-state index is -2.95. The minimum absolute atomic E-state index is 0.0642. The highest BCUT2D eigenvalue weighted by Crippen LogP contribution is 2.48. The van der Waals surface area contributed by atoms with E-state index >= 15 is 0 Å². The average molecular weight is 898 g/mol. The highest BCUT2D eigenvalue weighted by Gasteiger charge is 2.40. The number of amides is 4. The fraction of sp³-hybridized carbons (Fsp3) is 0.489. The summed E-state index contributed by atoms with van der Waals surface area (Å²) in [5.41, 5.74) is 6.04. The summed E-state index contributed by atoms with van der Waals surface area (Å²) in [5.74, 6) is 0.729. The first-order valence-electron chi connectivity index (χ1n) is 22.4. The van der Waals surface area contributed by atoms with Crippen molar-refractivity contribution in [2.24, 2.45) is 11.8 Å². The van der Waals surface area contributed by atoms with Crippen LogP contribution in [0.5, 0.6) is 5.75 Å². The van der Waals surface area contributed by atoms with Crippen molar-refractivity contribution >= 4 is 51.8 Å². The second-order valence-electron chi connectivity index (χ2n) is 17.8. The van der Waals surface area contributed by atoms with Crippen molar-refractivity contribution in [1.82, 2.24) is 40.4 Å².